The Kier molecular flexibility index (Phi) is 3.75. The Balaban J connectivity index is 2.46. The van der Waals surface area contributed by atoms with Gasteiger partial charge < -0.3 is 0 Å². The largest absolute Gasteiger partial charge is 0.277 e. The van der Waals surface area contributed by atoms with Gasteiger partial charge in [0.05, 0.1) is 10.6 Å². The highest BCUT2D eigenvalue weighted by molar-refractivity contribution is 7.93. The fourth-order valence-electron chi connectivity index (χ4n) is 1.50. The molecule has 0 unspecified atom stereocenters. The predicted octanol–water partition coefficient (Wildman–Crippen LogP) is 0.530. The fraction of sp³-hybridized carbons (Fsp3) is 0. The summed E-state index contributed by atoms with van der Waals surface area (Å²) in [4.78, 5) is 3.59. The Hall–Kier alpha value is -1.97. The molecule has 0 fully saturated rings. The van der Waals surface area contributed by atoms with Crippen LogP contribution >= 0.6 is 0 Å². The number of primary sulfonamides is 1. The number of pyridine rings is 1. The Bertz CT molecular complexity index is 818. The lowest BCUT2D eigenvalue weighted by atomic mass is 10.4. The number of anilines is 1. The normalized spacial score (nSPS) is 12.1. The minimum absolute atomic E-state index is 0.00391. The van der Waals surface area contributed by atoms with Gasteiger partial charge in [0.15, 0.2) is 5.03 Å². The van der Waals surface area contributed by atoms with Crippen molar-refractivity contribution < 1.29 is 16.8 Å². The Morgan fingerprint density at radius 3 is 2.20 bits per heavy atom. The van der Waals surface area contributed by atoms with Crippen LogP contribution in [0.4, 0.5) is 5.69 Å². The van der Waals surface area contributed by atoms with Gasteiger partial charge in [-0.1, -0.05) is 18.2 Å². The molecule has 9 heteroatoms. The Labute approximate surface area is 116 Å². The van der Waals surface area contributed by atoms with Gasteiger partial charge in [0.1, 0.15) is 0 Å². The molecule has 0 amide bonds. The van der Waals surface area contributed by atoms with E-state index in [1.54, 1.807) is 18.2 Å². The van der Waals surface area contributed by atoms with E-state index in [4.69, 9.17) is 5.14 Å². The van der Waals surface area contributed by atoms with Crippen molar-refractivity contribution in [1.29, 1.82) is 0 Å². The maximum Gasteiger partial charge on any atom is 0.261 e. The molecule has 0 saturated carbocycles. The smallest absolute Gasteiger partial charge is 0.261 e. The first-order valence-corrected chi connectivity index (χ1v) is 8.39. The summed E-state index contributed by atoms with van der Waals surface area (Å²) in [5.41, 5.74) is -0.196. The van der Waals surface area contributed by atoms with Crippen LogP contribution in [0.3, 0.4) is 0 Å². The molecule has 106 valence electrons. The standard InChI is InChI=1S/C11H11N3O4S2/c12-19(15,16)11-10(7-4-8-13-11)14-20(17,18)9-5-2-1-3-6-9/h1-8,14H,(H2,12,15,16). The topological polar surface area (TPSA) is 119 Å². The number of aromatic nitrogens is 1. The second-order valence-electron chi connectivity index (χ2n) is 3.82. The van der Waals surface area contributed by atoms with Crippen molar-refractivity contribution in [3.8, 4) is 0 Å². The van der Waals surface area contributed by atoms with E-state index in [1.165, 1.54) is 30.5 Å². The molecule has 1 heterocycles. The third-order valence-electron chi connectivity index (χ3n) is 2.34. The maximum atomic E-state index is 12.1. The van der Waals surface area contributed by atoms with E-state index in [2.05, 4.69) is 9.71 Å². The molecule has 7 nitrogen and oxygen atoms in total. The lowest BCUT2D eigenvalue weighted by molar-refractivity contribution is 0.594. The zero-order valence-corrected chi connectivity index (χ0v) is 11.7. The number of nitrogens with two attached hydrogens (primary N) is 1. The van der Waals surface area contributed by atoms with E-state index in [1.807, 2.05) is 0 Å². The first-order chi connectivity index (χ1) is 9.31. The Morgan fingerprint density at radius 1 is 0.950 bits per heavy atom. The van der Waals surface area contributed by atoms with Crippen molar-refractivity contribution in [2.45, 2.75) is 9.92 Å². The quantitative estimate of drug-likeness (QED) is 0.853. The van der Waals surface area contributed by atoms with Crippen LogP contribution in [0.1, 0.15) is 0 Å². The van der Waals surface area contributed by atoms with Crippen molar-refractivity contribution in [3.05, 3.63) is 48.7 Å². The van der Waals surface area contributed by atoms with Crippen LogP contribution in [0.15, 0.2) is 58.6 Å². The van der Waals surface area contributed by atoms with E-state index >= 15 is 0 Å². The van der Waals surface area contributed by atoms with E-state index < -0.39 is 25.1 Å². The molecule has 2 rings (SSSR count). The molecule has 0 spiro atoms. The molecule has 1 aromatic heterocycles. The summed E-state index contributed by atoms with van der Waals surface area (Å²) < 4.78 is 49.1. The van der Waals surface area contributed by atoms with Crippen LogP contribution in [0.25, 0.3) is 0 Å². The second kappa shape index (κ2) is 5.19. The van der Waals surface area contributed by atoms with Crippen LogP contribution in [0.5, 0.6) is 0 Å². The molecule has 0 bridgehead atoms. The number of nitrogens with zero attached hydrogens (tertiary/aromatic N) is 1. The minimum atomic E-state index is -4.13. The number of rotatable bonds is 4. The fourth-order valence-corrected chi connectivity index (χ4v) is 3.28. The third-order valence-corrected chi connectivity index (χ3v) is 4.58. The van der Waals surface area contributed by atoms with E-state index in [-0.39, 0.29) is 10.6 Å². The van der Waals surface area contributed by atoms with Gasteiger partial charge in [0.25, 0.3) is 20.0 Å². The second-order valence-corrected chi connectivity index (χ2v) is 6.98. The molecular formula is C11H11N3O4S2. The molecule has 1 aromatic carbocycles. The molecule has 0 atom stereocenters. The van der Waals surface area contributed by atoms with E-state index in [0.717, 1.165) is 0 Å². The lowest BCUT2D eigenvalue weighted by Crippen LogP contribution is -2.19. The molecule has 3 N–H and O–H groups in total. The van der Waals surface area contributed by atoms with Gasteiger partial charge >= 0.3 is 0 Å². The molecule has 0 aliphatic heterocycles. The highest BCUT2D eigenvalue weighted by Crippen LogP contribution is 2.20. The number of hydrogen-bond donors (Lipinski definition) is 2. The van der Waals surface area contributed by atoms with Gasteiger partial charge in [-0.2, -0.15) is 0 Å². The third kappa shape index (κ3) is 3.13. The Morgan fingerprint density at radius 2 is 1.60 bits per heavy atom. The van der Waals surface area contributed by atoms with Gasteiger partial charge in [0.2, 0.25) is 0 Å². The number of hydrogen-bond acceptors (Lipinski definition) is 5. The monoisotopic (exact) mass is 313 g/mol. The number of benzene rings is 1. The molecule has 0 aliphatic rings. The van der Waals surface area contributed by atoms with Crippen molar-refractivity contribution in [3.63, 3.8) is 0 Å². The maximum absolute atomic E-state index is 12.1. The summed E-state index contributed by atoms with van der Waals surface area (Å²) in [5.74, 6) is 0. The predicted molar refractivity (Wildman–Crippen MR) is 72.9 cm³/mol. The van der Waals surface area contributed by atoms with Crippen molar-refractivity contribution in [2.75, 3.05) is 4.72 Å². The van der Waals surface area contributed by atoms with Gasteiger partial charge in [-0.05, 0) is 24.3 Å². The molecule has 20 heavy (non-hydrogen) atoms. The van der Waals surface area contributed by atoms with Crippen molar-refractivity contribution in [2.24, 2.45) is 5.14 Å². The molecular weight excluding hydrogens is 302 g/mol. The van der Waals surface area contributed by atoms with Crippen LogP contribution < -0.4 is 9.86 Å². The van der Waals surface area contributed by atoms with E-state index in [0.29, 0.717) is 0 Å². The van der Waals surface area contributed by atoms with Gasteiger partial charge in [-0.3, -0.25) is 4.72 Å². The minimum Gasteiger partial charge on any atom is -0.277 e. The highest BCUT2D eigenvalue weighted by atomic mass is 32.2. The summed E-state index contributed by atoms with van der Waals surface area (Å²) in [6.45, 7) is 0. The lowest BCUT2D eigenvalue weighted by Gasteiger charge is -2.10. The molecule has 0 radical (unpaired) electrons. The van der Waals surface area contributed by atoms with Crippen LogP contribution in [-0.2, 0) is 20.0 Å². The summed E-state index contributed by atoms with van der Waals surface area (Å²) >= 11 is 0. The summed E-state index contributed by atoms with van der Waals surface area (Å²) in [6, 6.07) is 10.2. The van der Waals surface area contributed by atoms with Crippen LogP contribution in [-0.4, -0.2) is 21.8 Å². The average Bonchev–Trinajstić information content (AvgIpc) is 2.39. The summed E-state index contributed by atoms with van der Waals surface area (Å²) in [6.07, 6.45) is 1.21. The average molecular weight is 313 g/mol. The van der Waals surface area contributed by atoms with E-state index in [9.17, 15) is 16.8 Å². The van der Waals surface area contributed by atoms with Crippen LogP contribution in [0, 0.1) is 0 Å². The van der Waals surface area contributed by atoms with Crippen molar-refractivity contribution >= 4 is 25.7 Å². The number of nitrogens with one attached hydrogen (secondary N) is 1. The molecule has 0 aliphatic carbocycles. The zero-order chi connectivity index (χ0) is 14.8. The van der Waals surface area contributed by atoms with Gasteiger partial charge in [0, 0.05) is 6.20 Å². The summed E-state index contributed by atoms with van der Waals surface area (Å²) in [5, 5.41) is 4.46. The first-order valence-electron chi connectivity index (χ1n) is 5.36. The van der Waals surface area contributed by atoms with Gasteiger partial charge in [-0.15, -0.1) is 0 Å². The van der Waals surface area contributed by atoms with Crippen molar-refractivity contribution in [1.82, 2.24) is 4.98 Å². The summed E-state index contributed by atoms with van der Waals surface area (Å²) in [7, 11) is -8.03. The number of sulfonamides is 2. The molecule has 2 aromatic rings. The highest BCUT2D eigenvalue weighted by Gasteiger charge is 2.20. The first kappa shape index (κ1) is 14.4. The van der Waals surface area contributed by atoms with Gasteiger partial charge in [-0.25, -0.2) is 27.0 Å². The molecule has 0 saturated heterocycles. The SMILES string of the molecule is NS(=O)(=O)c1ncccc1NS(=O)(=O)c1ccccc1. The zero-order valence-electron chi connectivity index (χ0n) is 10.1. The van der Waals surface area contributed by atoms with Crippen LogP contribution in [0.2, 0.25) is 0 Å².